The Balaban J connectivity index is 1.87. The normalized spacial score (nSPS) is 18.7. The third kappa shape index (κ3) is 2.04. The zero-order valence-electron chi connectivity index (χ0n) is 10.4. The van der Waals surface area contributed by atoms with Crippen LogP contribution in [0.5, 0.6) is 0 Å². The van der Waals surface area contributed by atoms with Crippen LogP contribution < -0.4 is 5.32 Å². The topological polar surface area (TPSA) is 29.9 Å². The van der Waals surface area contributed by atoms with E-state index < -0.39 is 0 Å². The molecule has 1 atom stereocenters. The fraction of sp³-hybridized carbons (Fsp3) is 0.357. The maximum Gasteiger partial charge on any atom is 0.123 e. The molecule has 1 N–H and O–H groups in total. The van der Waals surface area contributed by atoms with Crippen molar-refractivity contribution in [3.8, 4) is 0 Å². The van der Waals surface area contributed by atoms with Crippen LogP contribution in [-0.4, -0.2) is 16.3 Å². The number of halogens is 1. The molecule has 1 aromatic carbocycles. The first kappa shape index (κ1) is 11.4. The lowest BCUT2D eigenvalue weighted by Gasteiger charge is -2.20. The van der Waals surface area contributed by atoms with Crippen LogP contribution in [0.2, 0.25) is 0 Å². The molecule has 2 aromatic rings. The zero-order chi connectivity index (χ0) is 12.5. The van der Waals surface area contributed by atoms with Gasteiger partial charge in [-0.2, -0.15) is 5.10 Å². The van der Waals surface area contributed by atoms with Gasteiger partial charge in [-0.25, -0.2) is 4.39 Å². The average molecular weight is 245 g/mol. The molecule has 1 unspecified atom stereocenters. The van der Waals surface area contributed by atoms with Gasteiger partial charge in [0.1, 0.15) is 5.82 Å². The van der Waals surface area contributed by atoms with Crippen molar-refractivity contribution < 1.29 is 4.39 Å². The quantitative estimate of drug-likeness (QED) is 0.879. The number of nitrogens with one attached hydrogen (secondary N) is 1. The lowest BCUT2D eigenvalue weighted by molar-refractivity contribution is 0.530. The minimum Gasteiger partial charge on any atom is -0.311 e. The molecule has 0 radical (unpaired) electrons. The maximum absolute atomic E-state index is 12.9. The Labute approximate surface area is 106 Å². The van der Waals surface area contributed by atoms with Crippen LogP contribution in [0, 0.1) is 5.82 Å². The van der Waals surface area contributed by atoms with Crippen LogP contribution in [0.1, 0.15) is 29.7 Å². The van der Waals surface area contributed by atoms with Crippen LogP contribution in [0.15, 0.2) is 30.5 Å². The predicted octanol–water partition coefficient (Wildman–Crippen LogP) is 2.28. The number of fused-ring (bicyclic) bond motifs is 1. The highest BCUT2D eigenvalue weighted by molar-refractivity contribution is 5.26. The number of nitrogens with zero attached hydrogens (tertiary/aromatic N) is 2. The van der Waals surface area contributed by atoms with E-state index in [4.69, 9.17) is 0 Å². The second kappa shape index (κ2) is 4.53. The van der Waals surface area contributed by atoms with Gasteiger partial charge in [0.05, 0.1) is 18.4 Å². The molecule has 0 saturated carbocycles. The summed E-state index contributed by atoms with van der Waals surface area (Å²) in [6, 6.07) is 6.60. The summed E-state index contributed by atoms with van der Waals surface area (Å²) < 4.78 is 14.9. The van der Waals surface area contributed by atoms with Crippen LogP contribution in [0.3, 0.4) is 0 Å². The van der Waals surface area contributed by atoms with Crippen LogP contribution in [0.25, 0.3) is 0 Å². The molecule has 1 aliphatic heterocycles. The zero-order valence-corrected chi connectivity index (χ0v) is 10.4. The van der Waals surface area contributed by atoms with E-state index in [0.29, 0.717) is 12.5 Å². The summed E-state index contributed by atoms with van der Waals surface area (Å²) >= 11 is 0. The lowest BCUT2D eigenvalue weighted by Crippen LogP contribution is -2.28. The highest BCUT2D eigenvalue weighted by Gasteiger charge is 2.20. The molecule has 1 aromatic heterocycles. The Kier molecular flexibility index (Phi) is 2.88. The molecule has 0 saturated heterocycles. The second-order valence-corrected chi connectivity index (χ2v) is 4.86. The molecule has 0 amide bonds. The molecule has 18 heavy (non-hydrogen) atoms. The van der Waals surface area contributed by atoms with Gasteiger partial charge in [-0.15, -0.1) is 0 Å². The summed E-state index contributed by atoms with van der Waals surface area (Å²) in [6.07, 6.45) is 1.96. The van der Waals surface area contributed by atoms with Crippen molar-refractivity contribution in [2.45, 2.75) is 25.9 Å². The summed E-state index contributed by atoms with van der Waals surface area (Å²) in [4.78, 5) is 0. The highest BCUT2D eigenvalue weighted by Crippen LogP contribution is 2.23. The van der Waals surface area contributed by atoms with E-state index >= 15 is 0 Å². The Bertz CT molecular complexity index is 545. The van der Waals surface area contributed by atoms with Gasteiger partial charge in [-0.05, 0) is 29.2 Å². The number of aromatic nitrogens is 2. The van der Waals surface area contributed by atoms with Crippen molar-refractivity contribution in [2.75, 3.05) is 6.54 Å². The smallest absolute Gasteiger partial charge is 0.123 e. The lowest BCUT2D eigenvalue weighted by atomic mass is 9.98. The molecular formula is C14H16FN3. The molecule has 3 rings (SSSR count). The number of rotatable bonds is 2. The second-order valence-electron chi connectivity index (χ2n) is 4.86. The Hall–Kier alpha value is -1.68. The molecule has 0 aliphatic carbocycles. The first-order valence-corrected chi connectivity index (χ1v) is 6.24. The number of hydrogen-bond donors (Lipinski definition) is 1. The van der Waals surface area contributed by atoms with Gasteiger partial charge in [0.15, 0.2) is 0 Å². The minimum absolute atomic E-state index is 0.198. The monoisotopic (exact) mass is 245 g/mol. The summed E-state index contributed by atoms with van der Waals surface area (Å²) in [5.74, 6) is 0.312. The fourth-order valence-electron chi connectivity index (χ4n) is 2.45. The van der Waals surface area contributed by atoms with Crippen molar-refractivity contribution in [3.63, 3.8) is 0 Å². The highest BCUT2D eigenvalue weighted by atomic mass is 19.1. The molecule has 0 bridgehead atoms. The Morgan fingerprint density at radius 2 is 2.17 bits per heavy atom. The van der Waals surface area contributed by atoms with Gasteiger partial charge >= 0.3 is 0 Å². The summed E-state index contributed by atoms with van der Waals surface area (Å²) in [6.45, 7) is 4.77. The van der Waals surface area contributed by atoms with E-state index in [9.17, 15) is 4.39 Å². The van der Waals surface area contributed by atoms with Crippen LogP contribution >= 0.6 is 0 Å². The molecular weight excluding hydrogens is 229 g/mol. The van der Waals surface area contributed by atoms with Crippen LogP contribution in [-0.2, 0) is 13.1 Å². The molecule has 3 nitrogen and oxygen atoms in total. The van der Waals surface area contributed by atoms with Gasteiger partial charge in [0.25, 0.3) is 0 Å². The van der Waals surface area contributed by atoms with E-state index in [2.05, 4.69) is 17.3 Å². The third-order valence-electron chi connectivity index (χ3n) is 3.50. The van der Waals surface area contributed by atoms with Gasteiger partial charge in [0.2, 0.25) is 0 Å². The number of hydrogen-bond acceptors (Lipinski definition) is 2. The summed E-state index contributed by atoms with van der Waals surface area (Å²) in [5.41, 5.74) is 3.65. The van der Waals surface area contributed by atoms with Crippen molar-refractivity contribution in [1.29, 1.82) is 0 Å². The standard InChI is InChI=1S/C14H16FN3/c1-10-6-16-8-14-13(10)7-17-18(14)9-11-2-4-12(15)5-3-11/h2-5,7,10,16H,6,8-9H2,1H3. The summed E-state index contributed by atoms with van der Waals surface area (Å²) in [5, 5.41) is 7.84. The predicted molar refractivity (Wildman–Crippen MR) is 67.9 cm³/mol. The molecule has 94 valence electrons. The Morgan fingerprint density at radius 3 is 2.94 bits per heavy atom. The largest absolute Gasteiger partial charge is 0.311 e. The van der Waals surface area contributed by atoms with E-state index in [-0.39, 0.29) is 5.82 Å². The molecule has 1 aliphatic rings. The Morgan fingerprint density at radius 1 is 1.39 bits per heavy atom. The minimum atomic E-state index is -0.198. The van der Waals surface area contributed by atoms with E-state index in [1.54, 1.807) is 0 Å². The number of benzene rings is 1. The van der Waals surface area contributed by atoms with Gasteiger partial charge in [-0.3, -0.25) is 4.68 Å². The van der Waals surface area contributed by atoms with Gasteiger partial charge in [0, 0.05) is 13.1 Å². The van der Waals surface area contributed by atoms with Crippen molar-refractivity contribution >= 4 is 0 Å². The summed E-state index contributed by atoms with van der Waals surface area (Å²) in [7, 11) is 0. The molecule has 2 heterocycles. The third-order valence-corrected chi connectivity index (χ3v) is 3.50. The van der Waals surface area contributed by atoms with Crippen LogP contribution in [0.4, 0.5) is 4.39 Å². The van der Waals surface area contributed by atoms with E-state index in [1.807, 2.05) is 23.0 Å². The fourth-order valence-corrected chi connectivity index (χ4v) is 2.45. The maximum atomic E-state index is 12.9. The molecule has 0 fully saturated rings. The molecule has 4 heteroatoms. The SMILES string of the molecule is CC1CNCc2c1cnn2Cc1ccc(F)cc1. The first-order chi connectivity index (χ1) is 8.74. The van der Waals surface area contributed by atoms with E-state index in [1.165, 1.54) is 23.4 Å². The average Bonchev–Trinajstić information content (AvgIpc) is 2.77. The van der Waals surface area contributed by atoms with Crippen molar-refractivity contribution in [2.24, 2.45) is 0 Å². The van der Waals surface area contributed by atoms with Gasteiger partial charge < -0.3 is 5.32 Å². The van der Waals surface area contributed by atoms with Gasteiger partial charge in [-0.1, -0.05) is 19.1 Å². The van der Waals surface area contributed by atoms with Crippen molar-refractivity contribution in [1.82, 2.24) is 15.1 Å². The van der Waals surface area contributed by atoms with Crippen molar-refractivity contribution in [3.05, 3.63) is 53.1 Å². The first-order valence-electron chi connectivity index (χ1n) is 6.24. The van der Waals surface area contributed by atoms with E-state index in [0.717, 1.165) is 18.7 Å². The molecule has 0 spiro atoms.